The molecule has 1 aliphatic rings. The molecule has 1 N–H and O–H groups in total. The number of likely N-dealkylation sites (N-methyl/N-ethyl adjacent to an activating group) is 2. The minimum absolute atomic E-state index is 0.646. The third-order valence-electron chi connectivity index (χ3n) is 3.46. The van der Waals surface area contributed by atoms with Crippen LogP contribution < -0.4 is 10.2 Å². The Labute approximate surface area is 103 Å². The number of nitrogens with zero attached hydrogens (tertiary/aromatic N) is 4. The number of aromatic nitrogens is 2. The van der Waals surface area contributed by atoms with Gasteiger partial charge in [0.2, 0.25) is 0 Å². The fourth-order valence-corrected chi connectivity index (χ4v) is 2.31. The zero-order valence-electron chi connectivity index (χ0n) is 10.8. The van der Waals surface area contributed by atoms with E-state index in [9.17, 15) is 0 Å². The predicted molar refractivity (Wildman–Crippen MR) is 70.5 cm³/mol. The van der Waals surface area contributed by atoms with Gasteiger partial charge in [-0.1, -0.05) is 0 Å². The van der Waals surface area contributed by atoms with Crippen LogP contribution in [0.4, 0.5) is 11.6 Å². The van der Waals surface area contributed by atoms with Crippen LogP contribution in [-0.4, -0.2) is 55.1 Å². The van der Waals surface area contributed by atoms with Crippen molar-refractivity contribution in [1.29, 1.82) is 0 Å². The minimum Gasteiger partial charge on any atom is -0.373 e. The molecule has 1 unspecified atom stereocenters. The van der Waals surface area contributed by atoms with Gasteiger partial charge in [-0.25, -0.2) is 9.97 Å². The number of rotatable bonds is 4. The van der Waals surface area contributed by atoms with E-state index in [2.05, 4.69) is 39.2 Å². The second-order valence-corrected chi connectivity index (χ2v) is 4.67. The van der Waals surface area contributed by atoms with Crippen LogP contribution in [0.3, 0.4) is 0 Å². The molecule has 1 aromatic heterocycles. The van der Waals surface area contributed by atoms with Crippen LogP contribution in [0.2, 0.25) is 0 Å². The highest BCUT2D eigenvalue weighted by atomic mass is 15.2. The lowest BCUT2D eigenvalue weighted by Crippen LogP contribution is -2.37. The van der Waals surface area contributed by atoms with Crippen molar-refractivity contribution in [3.8, 4) is 0 Å². The maximum Gasteiger partial charge on any atom is 0.133 e. The lowest BCUT2D eigenvalue weighted by atomic mass is 10.2. The monoisotopic (exact) mass is 235 g/mol. The molecule has 0 bridgehead atoms. The number of hydrogen-bond donors (Lipinski definition) is 1. The number of likely N-dealkylation sites (tertiary alicyclic amines) is 1. The van der Waals surface area contributed by atoms with Gasteiger partial charge in [0.05, 0.1) is 0 Å². The molecule has 5 nitrogen and oxygen atoms in total. The van der Waals surface area contributed by atoms with E-state index in [4.69, 9.17) is 0 Å². The molecule has 0 radical (unpaired) electrons. The molecule has 0 amide bonds. The van der Waals surface area contributed by atoms with E-state index < -0.39 is 0 Å². The minimum atomic E-state index is 0.646. The van der Waals surface area contributed by atoms with Crippen LogP contribution in [-0.2, 0) is 0 Å². The van der Waals surface area contributed by atoms with Gasteiger partial charge in [0.15, 0.2) is 0 Å². The van der Waals surface area contributed by atoms with E-state index in [0.29, 0.717) is 6.04 Å². The first-order valence-electron chi connectivity index (χ1n) is 6.12. The summed E-state index contributed by atoms with van der Waals surface area (Å²) in [6.07, 6.45) is 4.20. The van der Waals surface area contributed by atoms with Crippen molar-refractivity contribution in [2.75, 3.05) is 44.4 Å². The molecule has 0 aromatic carbocycles. The normalized spacial score (nSPS) is 20.5. The zero-order chi connectivity index (χ0) is 12.3. The molecule has 1 aromatic rings. The summed E-state index contributed by atoms with van der Waals surface area (Å²) in [5, 5.41) is 3.04. The molecular formula is C12H21N5. The van der Waals surface area contributed by atoms with E-state index in [1.165, 1.54) is 19.4 Å². The quantitative estimate of drug-likeness (QED) is 0.845. The Morgan fingerprint density at radius 3 is 3.00 bits per heavy atom. The molecule has 1 fully saturated rings. The Hall–Kier alpha value is -1.36. The smallest absolute Gasteiger partial charge is 0.133 e. The summed E-state index contributed by atoms with van der Waals surface area (Å²) < 4.78 is 0. The van der Waals surface area contributed by atoms with Crippen LogP contribution in [0.1, 0.15) is 12.8 Å². The molecule has 0 spiro atoms. The van der Waals surface area contributed by atoms with E-state index in [-0.39, 0.29) is 0 Å². The molecule has 94 valence electrons. The largest absolute Gasteiger partial charge is 0.373 e. The van der Waals surface area contributed by atoms with Crippen molar-refractivity contribution in [2.24, 2.45) is 0 Å². The first-order chi connectivity index (χ1) is 8.20. The van der Waals surface area contributed by atoms with Crippen molar-refractivity contribution in [1.82, 2.24) is 14.9 Å². The number of nitrogens with one attached hydrogen (secondary N) is 1. The van der Waals surface area contributed by atoms with Gasteiger partial charge in [0.1, 0.15) is 18.0 Å². The van der Waals surface area contributed by atoms with Gasteiger partial charge in [-0.3, -0.25) is 0 Å². The molecule has 1 saturated heterocycles. The van der Waals surface area contributed by atoms with Crippen molar-refractivity contribution in [3.63, 3.8) is 0 Å². The van der Waals surface area contributed by atoms with Crippen LogP contribution in [0, 0.1) is 0 Å². The van der Waals surface area contributed by atoms with Gasteiger partial charge < -0.3 is 15.1 Å². The van der Waals surface area contributed by atoms with Crippen LogP contribution >= 0.6 is 0 Å². The first-order valence-corrected chi connectivity index (χ1v) is 6.12. The van der Waals surface area contributed by atoms with Gasteiger partial charge in [0.25, 0.3) is 0 Å². The van der Waals surface area contributed by atoms with Crippen LogP contribution in [0.15, 0.2) is 12.4 Å². The average molecular weight is 235 g/mol. The molecule has 1 aliphatic heterocycles. The summed E-state index contributed by atoms with van der Waals surface area (Å²) in [7, 11) is 6.16. The Morgan fingerprint density at radius 2 is 2.35 bits per heavy atom. The Morgan fingerprint density at radius 1 is 1.53 bits per heavy atom. The maximum atomic E-state index is 4.31. The average Bonchev–Trinajstić information content (AvgIpc) is 2.75. The number of hydrogen-bond acceptors (Lipinski definition) is 5. The summed E-state index contributed by atoms with van der Waals surface area (Å²) in [6, 6.07) is 2.63. The van der Waals surface area contributed by atoms with Gasteiger partial charge >= 0.3 is 0 Å². The zero-order valence-corrected chi connectivity index (χ0v) is 10.8. The Bertz CT molecular complexity index is 368. The topological polar surface area (TPSA) is 44.3 Å². The summed E-state index contributed by atoms with van der Waals surface area (Å²) in [5.74, 6) is 1.84. The van der Waals surface area contributed by atoms with Gasteiger partial charge in [-0.05, 0) is 26.4 Å². The van der Waals surface area contributed by atoms with Crippen molar-refractivity contribution in [2.45, 2.75) is 18.9 Å². The second kappa shape index (κ2) is 5.31. The Balaban J connectivity index is 2.00. The molecular weight excluding hydrogens is 214 g/mol. The van der Waals surface area contributed by atoms with E-state index in [0.717, 1.165) is 18.2 Å². The third-order valence-corrected chi connectivity index (χ3v) is 3.46. The predicted octanol–water partition coefficient (Wildman–Crippen LogP) is 1.05. The van der Waals surface area contributed by atoms with E-state index in [1.807, 2.05) is 13.1 Å². The van der Waals surface area contributed by atoms with E-state index >= 15 is 0 Å². The lowest BCUT2D eigenvalue weighted by Gasteiger charge is -2.26. The number of anilines is 2. The molecule has 5 heteroatoms. The highest BCUT2D eigenvalue weighted by Gasteiger charge is 2.22. The maximum absolute atomic E-state index is 4.31. The summed E-state index contributed by atoms with van der Waals surface area (Å²) in [6.45, 7) is 2.24. The molecule has 2 heterocycles. The van der Waals surface area contributed by atoms with Crippen LogP contribution in [0.5, 0.6) is 0 Å². The molecule has 17 heavy (non-hydrogen) atoms. The van der Waals surface area contributed by atoms with Gasteiger partial charge in [-0.2, -0.15) is 0 Å². The molecule has 0 aliphatic carbocycles. The Kier molecular flexibility index (Phi) is 3.78. The molecule has 0 saturated carbocycles. The summed E-state index contributed by atoms with van der Waals surface area (Å²) in [5.41, 5.74) is 0. The van der Waals surface area contributed by atoms with E-state index in [1.54, 1.807) is 6.33 Å². The SMILES string of the molecule is CNc1cc(N(C)CC2CCCN2C)ncn1. The third kappa shape index (κ3) is 2.85. The van der Waals surface area contributed by atoms with Crippen molar-refractivity contribution in [3.05, 3.63) is 12.4 Å². The van der Waals surface area contributed by atoms with Crippen LogP contribution in [0.25, 0.3) is 0 Å². The summed E-state index contributed by atoms with van der Waals surface area (Å²) >= 11 is 0. The highest BCUT2D eigenvalue weighted by Crippen LogP contribution is 2.18. The van der Waals surface area contributed by atoms with Crippen molar-refractivity contribution < 1.29 is 0 Å². The standard InChI is InChI=1S/C12H21N5/c1-13-11-7-12(15-9-14-11)17(3)8-10-5-4-6-16(10)2/h7,9-10H,4-6,8H2,1-3H3,(H,13,14,15). The fraction of sp³-hybridized carbons (Fsp3) is 0.667. The highest BCUT2D eigenvalue weighted by molar-refractivity contribution is 5.47. The van der Waals surface area contributed by atoms with Gasteiger partial charge in [-0.15, -0.1) is 0 Å². The van der Waals surface area contributed by atoms with Crippen molar-refractivity contribution >= 4 is 11.6 Å². The fourth-order valence-electron chi connectivity index (χ4n) is 2.31. The second-order valence-electron chi connectivity index (χ2n) is 4.67. The lowest BCUT2D eigenvalue weighted by molar-refractivity contribution is 0.314. The first kappa shape index (κ1) is 12.1. The molecule has 1 atom stereocenters. The summed E-state index contributed by atoms with van der Waals surface area (Å²) in [4.78, 5) is 13.1. The van der Waals surface area contributed by atoms with Gasteiger partial charge in [0, 0.05) is 32.7 Å². The molecule has 2 rings (SSSR count).